The van der Waals surface area contributed by atoms with Gasteiger partial charge in [-0.25, -0.2) is 0 Å². The van der Waals surface area contributed by atoms with Gasteiger partial charge in [-0.3, -0.25) is 9.78 Å². The molecule has 4 heteroatoms. The highest BCUT2D eigenvalue weighted by Gasteiger charge is 2.24. The molecule has 1 fully saturated rings. The van der Waals surface area contributed by atoms with Gasteiger partial charge in [0.25, 0.3) is 0 Å². The quantitative estimate of drug-likeness (QED) is 0.574. The van der Waals surface area contributed by atoms with Gasteiger partial charge in [-0.15, -0.1) is 0 Å². The molecule has 1 aromatic heterocycles. The van der Waals surface area contributed by atoms with Crippen LogP contribution in [0.2, 0.25) is 0 Å². The van der Waals surface area contributed by atoms with Gasteiger partial charge in [-0.05, 0) is 66.6 Å². The molecule has 31 heavy (non-hydrogen) atoms. The number of rotatable bonds is 6. The van der Waals surface area contributed by atoms with Crippen molar-refractivity contribution in [2.45, 2.75) is 38.5 Å². The molecule has 0 bridgehead atoms. The van der Waals surface area contributed by atoms with E-state index in [9.17, 15) is 4.79 Å². The van der Waals surface area contributed by atoms with Crippen molar-refractivity contribution >= 4 is 5.91 Å². The Morgan fingerprint density at radius 2 is 1.84 bits per heavy atom. The summed E-state index contributed by atoms with van der Waals surface area (Å²) in [5.41, 5.74) is 6.05. The Balaban J connectivity index is 1.31. The predicted molar refractivity (Wildman–Crippen MR) is 123 cm³/mol. The molecule has 1 aliphatic heterocycles. The summed E-state index contributed by atoms with van der Waals surface area (Å²) < 4.78 is 5.26. The van der Waals surface area contributed by atoms with Crippen LogP contribution in [0.25, 0.3) is 0 Å². The second kappa shape index (κ2) is 9.78. The number of amides is 1. The van der Waals surface area contributed by atoms with Crippen LogP contribution < -0.4 is 4.74 Å². The molecule has 0 atom stereocenters. The maximum Gasteiger partial charge on any atom is 0.226 e. The Labute approximate surface area is 184 Å². The molecule has 0 unspecified atom stereocenters. The summed E-state index contributed by atoms with van der Waals surface area (Å²) in [6.07, 6.45) is 5.29. The third-order valence-corrected chi connectivity index (χ3v) is 6.26. The lowest BCUT2D eigenvalue weighted by Crippen LogP contribution is -2.38. The third kappa shape index (κ3) is 5.32. The molecule has 0 spiro atoms. The summed E-state index contributed by atoms with van der Waals surface area (Å²) in [4.78, 5) is 19.5. The van der Waals surface area contributed by atoms with E-state index in [2.05, 4.69) is 43.3 Å². The molecule has 4 nitrogen and oxygen atoms in total. The molecule has 160 valence electrons. The number of pyridine rings is 1. The van der Waals surface area contributed by atoms with Crippen LogP contribution in [0.5, 0.6) is 5.75 Å². The van der Waals surface area contributed by atoms with E-state index in [4.69, 9.17) is 9.72 Å². The SMILES string of the molecule is COc1cccc(CC(=O)N2CCC(c3ccc(Cc4ccccc4C)cn3)CC2)c1. The summed E-state index contributed by atoms with van der Waals surface area (Å²) in [7, 11) is 1.65. The summed E-state index contributed by atoms with van der Waals surface area (Å²) in [5, 5.41) is 0. The number of methoxy groups -OCH3 is 1. The van der Waals surface area contributed by atoms with Crippen molar-refractivity contribution in [2.24, 2.45) is 0 Å². The molecule has 1 aliphatic rings. The fraction of sp³-hybridized carbons (Fsp3) is 0.333. The van der Waals surface area contributed by atoms with E-state index in [-0.39, 0.29) is 5.91 Å². The normalized spacial score (nSPS) is 14.5. The molecule has 0 aliphatic carbocycles. The number of aromatic nitrogens is 1. The minimum absolute atomic E-state index is 0.188. The number of ether oxygens (including phenoxy) is 1. The lowest BCUT2D eigenvalue weighted by Gasteiger charge is -2.32. The van der Waals surface area contributed by atoms with Crippen molar-refractivity contribution in [1.82, 2.24) is 9.88 Å². The monoisotopic (exact) mass is 414 g/mol. The van der Waals surface area contributed by atoms with Gasteiger partial charge in [0.1, 0.15) is 5.75 Å². The molecule has 4 rings (SSSR count). The average molecular weight is 415 g/mol. The van der Waals surface area contributed by atoms with E-state index in [0.717, 1.165) is 49.4 Å². The van der Waals surface area contributed by atoms with Crippen LogP contribution in [0.3, 0.4) is 0 Å². The number of carbonyl (C=O) groups excluding carboxylic acids is 1. The molecular formula is C27H30N2O2. The lowest BCUT2D eigenvalue weighted by atomic mass is 9.92. The standard InChI is InChI=1S/C27H30N2O2/c1-20-6-3-4-8-24(20)16-22-10-11-26(28-19-22)23-12-14-29(15-13-23)27(30)18-21-7-5-9-25(17-21)31-2/h3-11,17,19,23H,12-16,18H2,1-2H3. The molecule has 2 heterocycles. The smallest absolute Gasteiger partial charge is 0.226 e. The van der Waals surface area contributed by atoms with E-state index in [1.165, 1.54) is 16.7 Å². The van der Waals surface area contributed by atoms with Gasteiger partial charge in [0, 0.05) is 30.9 Å². The average Bonchev–Trinajstić information content (AvgIpc) is 2.81. The summed E-state index contributed by atoms with van der Waals surface area (Å²) in [6.45, 7) is 3.74. The Bertz CT molecular complexity index is 1020. The van der Waals surface area contributed by atoms with E-state index in [0.29, 0.717) is 12.3 Å². The van der Waals surface area contributed by atoms with Crippen LogP contribution >= 0.6 is 0 Å². The van der Waals surface area contributed by atoms with Gasteiger partial charge < -0.3 is 9.64 Å². The number of hydrogen-bond acceptors (Lipinski definition) is 3. The van der Waals surface area contributed by atoms with Crippen LogP contribution in [-0.2, 0) is 17.6 Å². The van der Waals surface area contributed by atoms with Gasteiger partial charge in [0.05, 0.1) is 13.5 Å². The van der Waals surface area contributed by atoms with Crippen molar-refractivity contribution in [2.75, 3.05) is 20.2 Å². The number of piperidine rings is 1. The zero-order valence-corrected chi connectivity index (χ0v) is 18.4. The van der Waals surface area contributed by atoms with Crippen LogP contribution in [0.1, 0.15) is 46.7 Å². The lowest BCUT2D eigenvalue weighted by molar-refractivity contribution is -0.131. The second-order valence-electron chi connectivity index (χ2n) is 8.38. The first-order chi connectivity index (χ1) is 15.1. The summed E-state index contributed by atoms with van der Waals surface area (Å²) in [5.74, 6) is 1.41. The van der Waals surface area contributed by atoms with Crippen LogP contribution in [0.4, 0.5) is 0 Å². The summed E-state index contributed by atoms with van der Waals surface area (Å²) >= 11 is 0. The minimum atomic E-state index is 0.188. The largest absolute Gasteiger partial charge is 0.497 e. The van der Waals surface area contributed by atoms with Gasteiger partial charge in [-0.1, -0.05) is 42.5 Å². The number of nitrogens with zero attached hydrogens (tertiary/aromatic N) is 2. The van der Waals surface area contributed by atoms with E-state index < -0.39 is 0 Å². The van der Waals surface area contributed by atoms with Crippen molar-refractivity contribution in [3.63, 3.8) is 0 Å². The Morgan fingerprint density at radius 3 is 2.55 bits per heavy atom. The first-order valence-electron chi connectivity index (χ1n) is 11.0. The van der Waals surface area contributed by atoms with Gasteiger partial charge in [-0.2, -0.15) is 0 Å². The number of benzene rings is 2. The molecule has 2 aromatic carbocycles. The third-order valence-electron chi connectivity index (χ3n) is 6.26. The Hall–Kier alpha value is -3.14. The van der Waals surface area contributed by atoms with Crippen LogP contribution in [0, 0.1) is 6.92 Å². The van der Waals surface area contributed by atoms with E-state index >= 15 is 0 Å². The Kier molecular flexibility index (Phi) is 6.66. The topological polar surface area (TPSA) is 42.4 Å². The molecule has 0 radical (unpaired) electrons. The maximum absolute atomic E-state index is 12.7. The predicted octanol–water partition coefficient (Wildman–Crippen LogP) is 4.94. The summed E-state index contributed by atoms with van der Waals surface area (Å²) in [6, 6.07) is 20.6. The molecule has 0 N–H and O–H groups in total. The number of likely N-dealkylation sites (tertiary alicyclic amines) is 1. The van der Waals surface area contributed by atoms with Crippen molar-refractivity contribution in [3.8, 4) is 5.75 Å². The highest BCUT2D eigenvalue weighted by molar-refractivity contribution is 5.79. The fourth-order valence-corrected chi connectivity index (χ4v) is 4.30. The highest BCUT2D eigenvalue weighted by atomic mass is 16.5. The van der Waals surface area contributed by atoms with Crippen LogP contribution in [-0.4, -0.2) is 36.0 Å². The molecule has 1 saturated heterocycles. The number of carbonyl (C=O) groups is 1. The van der Waals surface area contributed by atoms with E-state index in [1.807, 2.05) is 35.4 Å². The van der Waals surface area contributed by atoms with Crippen LogP contribution in [0.15, 0.2) is 66.9 Å². The van der Waals surface area contributed by atoms with Crippen molar-refractivity contribution in [3.05, 3.63) is 94.8 Å². The molecule has 1 amide bonds. The van der Waals surface area contributed by atoms with Crippen molar-refractivity contribution < 1.29 is 9.53 Å². The second-order valence-corrected chi connectivity index (χ2v) is 8.38. The first kappa shape index (κ1) is 21.1. The van der Waals surface area contributed by atoms with Gasteiger partial charge >= 0.3 is 0 Å². The molecule has 0 saturated carbocycles. The minimum Gasteiger partial charge on any atom is -0.497 e. The van der Waals surface area contributed by atoms with Gasteiger partial charge in [0.2, 0.25) is 5.91 Å². The maximum atomic E-state index is 12.7. The fourth-order valence-electron chi connectivity index (χ4n) is 4.30. The van der Waals surface area contributed by atoms with Crippen molar-refractivity contribution in [1.29, 1.82) is 0 Å². The first-order valence-corrected chi connectivity index (χ1v) is 11.0. The highest BCUT2D eigenvalue weighted by Crippen LogP contribution is 2.27. The van der Waals surface area contributed by atoms with Gasteiger partial charge in [0.15, 0.2) is 0 Å². The molecular weight excluding hydrogens is 384 g/mol. The zero-order valence-electron chi connectivity index (χ0n) is 18.4. The Morgan fingerprint density at radius 1 is 1.03 bits per heavy atom. The van der Waals surface area contributed by atoms with E-state index in [1.54, 1.807) is 7.11 Å². The zero-order chi connectivity index (χ0) is 21.6. The molecule has 3 aromatic rings. The number of aryl methyl sites for hydroxylation is 1. The number of hydrogen-bond donors (Lipinski definition) is 0.